The Labute approximate surface area is 247 Å². The first kappa shape index (κ1) is 28.0. The fourth-order valence-electron chi connectivity index (χ4n) is 5.52. The van der Waals surface area contributed by atoms with Gasteiger partial charge in [-0.15, -0.1) is 0 Å². The van der Waals surface area contributed by atoms with Crippen LogP contribution >= 0.6 is 11.3 Å². The van der Waals surface area contributed by atoms with E-state index in [1.54, 1.807) is 28.5 Å². The summed E-state index contributed by atoms with van der Waals surface area (Å²) in [5.41, 5.74) is 2.79. The number of nitriles is 1. The van der Waals surface area contributed by atoms with Crippen molar-refractivity contribution in [3.05, 3.63) is 52.9 Å². The molecule has 218 valence electrons. The maximum absolute atomic E-state index is 13.5. The number of piperazine rings is 1. The zero-order valence-corrected chi connectivity index (χ0v) is 24.6. The predicted molar refractivity (Wildman–Crippen MR) is 159 cm³/mol. The Hall–Kier alpha value is -4.12. The van der Waals surface area contributed by atoms with E-state index in [4.69, 9.17) is 15.1 Å². The maximum Gasteiger partial charge on any atom is 0.236 e. The van der Waals surface area contributed by atoms with Crippen molar-refractivity contribution in [3.63, 3.8) is 0 Å². The highest BCUT2D eigenvalue weighted by atomic mass is 32.1. The van der Waals surface area contributed by atoms with Gasteiger partial charge in [0, 0.05) is 45.0 Å². The van der Waals surface area contributed by atoms with Crippen molar-refractivity contribution < 1.29 is 14.3 Å². The van der Waals surface area contributed by atoms with Crippen molar-refractivity contribution in [1.82, 2.24) is 29.4 Å². The molecule has 13 heteroatoms. The highest BCUT2D eigenvalue weighted by molar-refractivity contribution is 7.16. The molecule has 2 aliphatic rings. The summed E-state index contributed by atoms with van der Waals surface area (Å²) in [7, 11) is 1.90. The number of anilines is 3. The van der Waals surface area contributed by atoms with E-state index < -0.39 is 5.60 Å². The predicted octanol–water partition coefficient (Wildman–Crippen LogP) is 2.91. The van der Waals surface area contributed by atoms with Crippen molar-refractivity contribution in [2.75, 3.05) is 62.7 Å². The van der Waals surface area contributed by atoms with Gasteiger partial charge in [0.25, 0.3) is 0 Å². The molecule has 5 heterocycles. The van der Waals surface area contributed by atoms with E-state index in [1.165, 1.54) is 23.5 Å². The van der Waals surface area contributed by atoms with E-state index in [0.29, 0.717) is 53.0 Å². The SMILES string of the molecule is CCc1nn2ccc(N3CCN(CC(=O)N4CC(C)(O)C4)CC3)nc2c1N(C)c1nc(-c2ccc(F)cc2)c(C#N)s1. The van der Waals surface area contributed by atoms with E-state index in [1.807, 2.05) is 31.1 Å². The minimum Gasteiger partial charge on any atom is -0.386 e. The molecule has 0 bridgehead atoms. The molecule has 0 aliphatic carbocycles. The number of carbonyl (C=O) groups is 1. The number of likely N-dealkylation sites (tertiary alicyclic amines) is 1. The molecule has 1 amide bonds. The van der Waals surface area contributed by atoms with Gasteiger partial charge in [0.1, 0.15) is 34.0 Å². The molecule has 6 rings (SSSR count). The number of benzene rings is 1. The molecule has 0 spiro atoms. The lowest BCUT2D eigenvalue weighted by molar-refractivity contribution is -0.153. The number of carbonyl (C=O) groups excluding carboxylic acids is 1. The van der Waals surface area contributed by atoms with Crippen molar-refractivity contribution in [2.45, 2.75) is 25.9 Å². The Morgan fingerprint density at radius 2 is 1.88 bits per heavy atom. The Bertz CT molecular complexity index is 1660. The van der Waals surface area contributed by atoms with E-state index in [-0.39, 0.29) is 11.7 Å². The lowest BCUT2D eigenvalue weighted by atomic mass is 9.97. The number of aliphatic hydroxyl groups is 1. The second kappa shape index (κ2) is 10.9. The summed E-state index contributed by atoms with van der Waals surface area (Å²) in [5.74, 6) is 0.536. The van der Waals surface area contributed by atoms with E-state index in [9.17, 15) is 19.6 Å². The molecule has 0 radical (unpaired) electrons. The first-order chi connectivity index (χ1) is 20.2. The average molecular weight is 590 g/mol. The average Bonchev–Trinajstić information content (AvgIpc) is 3.57. The molecular weight excluding hydrogens is 557 g/mol. The van der Waals surface area contributed by atoms with Crippen LogP contribution in [0, 0.1) is 17.1 Å². The van der Waals surface area contributed by atoms with Crippen LogP contribution in [0.3, 0.4) is 0 Å². The molecule has 1 N–H and O–H groups in total. The third-order valence-corrected chi connectivity index (χ3v) is 8.82. The topological polar surface area (TPSA) is 117 Å². The molecule has 3 aromatic heterocycles. The van der Waals surface area contributed by atoms with Gasteiger partial charge in [-0.25, -0.2) is 18.9 Å². The fourth-order valence-corrected chi connectivity index (χ4v) is 6.37. The number of β-amino-alcohol motifs (C(OH)–C–C–N with tert-alkyl or cyclic N) is 1. The summed E-state index contributed by atoms with van der Waals surface area (Å²) in [6.07, 6.45) is 2.59. The van der Waals surface area contributed by atoms with Crippen molar-refractivity contribution in [3.8, 4) is 17.3 Å². The Balaban J connectivity index is 1.22. The molecule has 0 unspecified atom stereocenters. The van der Waals surface area contributed by atoms with Gasteiger partial charge in [-0.2, -0.15) is 10.4 Å². The van der Waals surface area contributed by atoms with Gasteiger partial charge in [-0.1, -0.05) is 18.3 Å². The monoisotopic (exact) mass is 589 g/mol. The van der Waals surface area contributed by atoms with Crippen LogP contribution in [-0.4, -0.2) is 98.9 Å². The number of thiazole rings is 1. The van der Waals surface area contributed by atoms with Gasteiger partial charge in [0.05, 0.1) is 30.9 Å². The normalized spacial score (nSPS) is 16.9. The summed E-state index contributed by atoms with van der Waals surface area (Å²) in [6, 6.07) is 10.2. The number of amides is 1. The molecule has 2 saturated heterocycles. The van der Waals surface area contributed by atoms with Gasteiger partial charge in [-0.05, 0) is 43.7 Å². The van der Waals surface area contributed by atoms with Crippen LogP contribution in [0.25, 0.3) is 16.9 Å². The number of hydrogen-bond donors (Lipinski definition) is 1. The highest BCUT2D eigenvalue weighted by Gasteiger charge is 2.39. The summed E-state index contributed by atoms with van der Waals surface area (Å²) in [6.45, 7) is 7.85. The largest absolute Gasteiger partial charge is 0.386 e. The minimum atomic E-state index is -0.765. The number of hydrogen-bond acceptors (Lipinski definition) is 10. The lowest BCUT2D eigenvalue weighted by Gasteiger charge is -2.45. The third-order valence-electron chi connectivity index (χ3n) is 7.78. The van der Waals surface area contributed by atoms with Crippen LogP contribution < -0.4 is 9.80 Å². The van der Waals surface area contributed by atoms with Gasteiger partial charge in [-0.3, -0.25) is 9.69 Å². The number of halogens is 1. The first-order valence-corrected chi connectivity index (χ1v) is 14.7. The molecule has 42 heavy (non-hydrogen) atoms. The van der Waals surface area contributed by atoms with Crippen LogP contribution in [0.15, 0.2) is 36.5 Å². The zero-order valence-electron chi connectivity index (χ0n) is 23.8. The van der Waals surface area contributed by atoms with E-state index in [2.05, 4.69) is 15.9 Å². The number of nitrogens with zero attached hydrogens (tertiary/aromatic N) is 9. The Kier molecular flexibility index (Phi) is 7.30. The van der Waals surface area contributed by atoms with Gasteiger partial charge in [0.2, 0.25) is 5.91 Å². The van der Waals surface area contributed by atoms with Crippen molar-refractivity contribution in [1.29, 1.82) is 5.26 Å². The van der Waals surface area contributed by atoms with Gasteiger partial charge >= 0.3 is 0 Å². The summed E-state index contributed by atoms with van der Waals surface area (Å²) in [5, 5.41) is 25.1. The minimum absolute atomic E-state index is 0.0536. The Morgan fingerprint density at radius 3 is 2.52 bits per heavy atom. The van der Waals surface area contributed by atoms with Crippen LogP contribution in [0.5, 0.6) is 0 Å². The Morgan fingerprint density at radius 1 is 1.17 bits per heavy atom. The molecule has 2 fully saturated rings. The zero-order chi connectivity index (χ0) is 29.6. The molecule has 0 atom stereocenters. The first-order valence-electron chi connectivity index (χ1n) is 13.9. The molecule has 0 saturated carbocycles. The molecule has 11 nitrogen and oxygen atoms in total. The quantitative estimate of drug-likeness (QED) is 0.347. The second-order valence-electron chi connectivity index (χ2n) is 11.1. The molecule has 4 aromatic rings. The standard InChI is InChI=1S/C29H32FN9O2S/c1-4-21-26(35(3)28-33-25(22(15-31)42-28)19-5-7-20(30)8-6-19)27-32-23(9-10-39(27)34-21)37-13-11-36(12-14-37)16-24(40)38-17-29(2,41)18-38/h5-10,41H,4,11-14,16-18H2,1-3H3. The van der Waals surface area contributed by atoms with Crippen LogP contribution in [-0.2, 0) is 11.2 Å². The van der Waals surface area contributed by atoms with E-state index in [0.717, 1.165) is 43.4 Å². The summed E-state index contributed by atoms with van der Waals surface area (Å²) >= 11 is 1.27. The van der Waals surface area contributed by atoms with E-state index >= 15 is 0 Å². The summed E-state index contributed by atoms with van der Waals surface area (Å²) < 4.78 is 15.3. The molecule has 2 aliphatic heterocycles. The number of fused-ring (bicyclic) bond motifs is 1. The van der Waals surface area contributed by atoms with Crippen molar-refractivity contribution in [2.24, 2.45) is 0 Å². The lowest BCUT2D eigenvalue weighted by Crippen LogP contribution is -2.63. The smallest absolute Gasteiger partial charge is 0.236 e. The number of rotatable bonds is 7. The number of aromatic nitrogens is 4. The summed E-state index contributed by atoms with van der Waals surface area (Å²) in [4.78, 5) is 30.8. The van der Waals surface area contributed by atoms with Crippen LogP contribution in [0.4, 0.5) is 21.0 Å². The van der Waals surface area contributed by atoms with Gasteiger partial charge in [0.15, 0.2) is 10.8 Å². The third kappa shape index (κ3) is 5.29. The fraction of sp³-hybridized carbons (Fsp3) is 0.414. The number of aryl methyl sites for hydroxylation is 1. The highest BCUT2D eigenvalue weighted by Crippen LogP contribution is 2.38. The molecular formula is C29H32FN9O2S. The van der Waals surface area contributed by atoms with Gasteiger partial charge < -0.3 is 19.8 Å². The maximum atomic E-state index is 13.5. The molecule has 1 aromatic carbocycles. The van der Waals surface area contributed by atoms with Crippen molar-refractivity contribution >= 4 is 39.5 Å². The second-order valence-corrected chi connectivity index (χ2v) is 12.0. The van der Waals surface area contributed by atoms with Crippen LogP contribution in [0.2, 0.25) is 0 Å². The van der Waals surface area contributed by atoms with Crippen LogP contribution in [0.1, 0.15) is 24.4 Å².